The van der Waals surface area contributed by atoms with Crippen LogP contribution in [-0.4, -0.2) is 30.3 Å². The second-order valence-electron chi connectivity index (χ2n) is 9.64. The van der Waals surface area contributed by atoms with Gasteiger partial charge in [0.05, 0.1) is 10.6 Å². The molecule has 37 heavy (non-hydrogen) atoms. The van der Waals surface area contributed by atoms with Crippen LogP contribution in [0.2, 0.25) is 0 Å². The minimum atomic E-state index is -1.17. The number of benzene rings is 3. The smallest absolute Gasteiger partial charge is 0.270 e. The molecule has 6 rings (SSSR count). The van der Waals surface area contributed by atoms with Gasteiger partial charge in [-0.2, -0.15) is 0 Å². The van der Waals surface area contributed by atoms with Gasteiger partial charge in [-0.25, -0.2) is 4.99 Å². The molecular formula is C29H26N4O3S. The van der Waals surface area contributed by atoms with Crippen LogP contribution in [0.25, 0.3) is 6.08 Å². The summed E-state index contributed by atoms with van der Waals surface area (Å²) in [6.45, 7) is 1.82. The van der Waals surface area contributed by atoms with Gasteiger partial charge in [0.15, 0.2) is 4.80 Å². The number of hydrogen-bond donors (Lipinski definition) is 1. The monoisotopic (exact) mass is 510 g/mol. The maximum absolute atomic E-state index is 13.8. The van der Waals surface area contributed by atoms with Crippen LogP contribution < -0.4 is 29.8 Å². The Hall–Kier alpha value is -4.17. The fourth-order valence-corrected chi connectivity index (χ4v) is 6.20. The van der Waals surface area contributed by atoms with Crippen LogP contribution in [-0.2, 0) is 4.79 Å². The zero-order valence-electron chi connectivity index (χ0n) is 20.7. The molecule has 3 atom stereocenters. The molecule has 0 saturated carbocycles. The molecular weight excluding hydrogens is 484 g/mol. The average Bonchev–Trinajstić information content (AvgIpc) is 3.17. The zero-order chi connectivity index (χ0) is 25.7. The fourth-order valence-electron chi connectivity index (χ4n) is 5.10. The Bertz CT molecular complexity index is 1670. The first-order valence-corrected chi connectivity index (χ1v) is 12.9. The van der Waals surface area contributed by atoms with Crippen LogP contribution in [0.1, 0.15) is 24.1 Å². The molecule has 8 heteroatoms. The lowest BCUT2D eigenvalue weighted by molar-refractivity contribution is -0.131. The van der Waals surface area contributed by atoms with Crippen molar-refractivity contribution in [1.29, 1.82) is 0 Å². The van der Waals surface area contributed by atoms with Gasteiger partial charge < -0.3 is 15.0 Å². The average molecular weight is 511 g/mol. The van der Waals surface area contributed by atoms with Gasteiger partial charge in [-0.15, -0.1) is 0 Å². The molecule has 1 N–H and O–H groups in total. The third kappa shape index (κ3) is 3.94. The second-order valence-corrected chi connectivity index (χ2v) is 10.6. The summed E-state index contributed by atoms with van der Waals surface area (Å²) in [5.41, 5.74) is 2.15. The Labute approximate surface area is 218 Å². The first-order chi connectivity index (χ1) is 17.8. The third-order valence-corrected chi connectivity index (χ3v) is 7.89. The highest BCUT2D eigenvalue weighted by molar-refractivity contribution is 7.07. The van der Waals surface area contributed by atoms with Gasteiger partial charge >= 0.3 is 0 Å². The molecule has 3 aromatic carbocycles. The molecule has 1 amide bonds. The van der Waals surface area contributed by atoms with Gasteiger partial charge in [0.1, 0.15) is 11.7 Å². The molecule has 7 nitrogen and oxygen atoms in total. The number of anilines is 2. The van der Waals surface area contributed by atoms with Crippen molar-refractivity contribution in [2.45, 2.75) is 18.7 Å². The largest absolute Gasteiger partial charge is 0.465 e. The lowest BCUT2D eigenvalue weighted by Crippen LogP contribution is -2.59. The van der Waals surface area contributed by atoms with Gasteiger partial charge in [-0.05, 0) is 48.9 Å². The minimum absolute atomic E-state index is 0.165. The normalized spacial score (nSPS) is 21.8. The second kappa shape index (κ2) is 8.74. The van der Waals surface area contributed by atoms with Gasteiger partial charge in [-0.1, -0.05) is 59.9 Å². The number of para-hydroxylation sites is 2. The van der Waals surface area contributed by atoms with Crippen LogP contribution in [0.15, 0.2) is 88.6 Å². The Morgan fingerprint density at radius 2 is 1.76 bits per heavy atom. The van der Waals surface area contributed by atoms with E-state index in [0.717, 1.165) is 16.8 Å². The van der Waals surface area contributed by atoms with Crippen molar-refractivity contribution in [3.63, 3.8) is 0 Å². The van der Waals surface area contributed by atoms with E-state index in [4.69, 9.17) is 9.73 Å². The summed E-state index contributed by atoms with van der Waals surface area (Å²) in [7, 11) is 3.98. The first kappa shape index (κ1) is 23.2. The van der Waals surface area contributed by atoms with Gasteiger partial charge in [0.2, 0.25) is 11.6 Å². The summed E-state index contributed by atoms with van der Waals surface area (Å²) in [5, 5.41) is 3.00. The van der Waals surface area contributed by atoms with E-state index < -0.39 is 17.7 Å². The first-order valence-electron chi connectivity index (χ1n) is 12.1. The molecule has 3 unspecified atom stereocenters. The molecule has 2 aliphatic rings. The molecule has 2 aliphatic heterocycles. The highest BCUT2D eigenvalue weighted by Gasteiger charge is 2.55. The van der Waals surface area contributed by atoms with E-state index in [1.807, 2.05) is 111 Å². The summed E-state index contributed by atoms with van der Waals surface area (Å²) in [5.74, 6) is -0.351. The summed E-state index contributed by atoms with van der Waals surface area (Å²) in [6.07, 6.45) is 1.88. The number of carbonyl (C=O) groups is 1. The minimum Gasteiger partial charge on any atom is -0.465 e. The topological polar surface area (TPSA) is 75.9 Å². The highest BCUT2D eigenvalue weighted by atomic mass is 32.1. The van der Waals surface area contributed by atoms with E-state index >= 15 is 0 Å². The predicted molar refractivity (Wildman–Crippen MR) is 146 cm³/mol. The number of amides is 1. The van der Waals surface area contributed by atoms with Crippen molar-refractivity contribution in [1.82, 2.24) is 4.57 Å². The Kier molecular flexibility index (Phi) is 5.49. The predicted octanol–water partition coefficient (Wildman–Crippen LogP) is 3.39. The Balaban J connectivity index is 1.50. The van der Waals surface area contributed by atoms with Crippen molar-refractivity contribution in [3.05, 3.63) is 110 Å². The summed E-state index contributed by atoms with van der Waals surface area (Å²) < 4.78 is 8.60. The SMILES string of the molecule is CN(C)c1ccc(C=c2sc3n(c2=O)C2c4ccccc4OC(C)(N=3)C2C(=O)Nc2ccccc2)cc1. The summed E-state index contributed by atoms with van der Waals surface area (Å²) in [6, 6.07) is 24.3. The van der Waals surface area contributed by atoms with E-state index in [1.54, 1.807) is 4.57 Å². The van der Waals surface area contributed by atoms with Crippen LogP contribution in [0.5, 0.6) is 5.75 Å². The van der Waals surface area contributed by atoms with Crippen molar-refractivity contribution in [2.24, 2.45) is 10.9 Å². The molecule has 0 radical (unpaired) electrons. The van der Waals surface area contributed by atoms with E-state index in [0.29, 0.717) is 20.8 Å². The van der Waals surface area contributed by atoms with Crippen LogP contribution in [0.4, 0.5) is 11.4 Å². The van der Waals surface area contributed by atoms with E-state index in [1.165, 1.54) is 11.3 Å². The Morgan fingerprint density at radius 3 is 2.49 bits per heavy atom. The third-order valence-electron chi connectivity index (χ3n) is 6.91. The molecule has 3 heterocycles. The molecule has 1 aromatic heterocycles. The maximum atomic E-state index is 13.8. The summed E-state index contributed by atoms with van der Waals surface area (Å²) >= 11 is 1.32. The molecule has 2 bridgehead atoms. The molecule has 0 aliphatic carbocycles. The molecule has 186 valence electrons. The number of rotatable bonds is 4. The van der Waals surface area contributed by atoms with Crippen LogP contribution in [0, 0.1) is 5.92 Å². The van der Waals surface area contributed by atoms with Crippen molar-refractivity contribution >= 4 is 34.7 Å². The summed E-state index contributed by atoms with van der Waals surface area (Å²) in [4.78, 5) is 35.0. The molecule has 0 saturated heterocycles. The Morgan fingerprint density at radius 1 is 1.05 bits per heavy atom. The van der Waals surface area contributed by atoms with Crippen LogP contribution >= 0.6 is 11.3 Å². The van der Waals surface area contributed by atoms with Gasteiger partial charge in [0.25, 0.3) is 5.56 Å². The molecule has 4 aromatic rings. The van der Waals surface area contributed by atoms with Gasteiger partial charge in [0, 0.05) is 31.0 Å². The van der Waals surface area contributed by atoms with E-state index in [2.05, 4.69) is 5.32 Å². The lowest BCUT2D eigenvalue weighted by Gasteiger charge is -2.45. The number of hydrogen-bond acceptors (Lipinski definition) is 6. The fraction of sp³-hybridized carbons (Fsp3) is 0.207. The van der Waals surface area contributed by atoms with Gasteiger partial charge in [-0.3, -0.25) is 14.2 Å². The number of thiazole rings is 1. The number of nitrogens with one attached hydrogen (secondary N) is 1. The number of nitrogens with zero attached hydrogens (tertiary/aromatic N) is 3. The standard InChI is InChI=1S/C29H26N4O3S/c1-29-24(26(34)30-19-9-5-4-6-10-19)25(21-11-7-8-12-22(21)36-29)33-27(35)23(37-28(33)31-29)17-18-13-15-20(16-14-18)32(2)3/h4-17,24-25H,1-3H3,(H,30,34). The highest BCUT2D eigenvalue weighted by Crippen LogP contribution is 2.47. The van der Waals surface area contributed by atoms with E-state index in [9.17, 15) is 9.59 Å². The zero-order valence-corrected chi connectivity index (χ0v) is 21.5. The van der Waals surface area contributed by atoms with E-state index in [-0.39, 0.29) is 11.5 Å². The van der Waals surface area contributed by atoms with Crippen molar-refractivity contribution in [2.75, 3.05) is 24.3 Å². The molecule has 0 fully saturated rings. The quantitative estimate of drug-likeness (QED) is 0.457. The number of aromatic nitrogens is 1. The number of carbonyl (C=O) groups excluding carboxylic acids is 1. The van der Waals surface area contributed by atoms with Crippen molar-refractivity contribution in [3.8, 4) is 5.75 Å². The maximum Gasteiger partial charge on any atom is 0.270 e. The lowest BCUT2D eigenvalue weighted by atomic mass is 9.80. The number of ether oxygens (including phenoxy) is 1. The number of fused-ring (bicyclic) bond motifs is 6. The van der Waals surface area contributed by atoms with Crippen molar-refractivity contribution < 1.29 is 9.53 Å². The molecule has 0 spiro atoms. The van der Waals surface area contributed by atoms with Crippen LogP contribution in [0.3, 0.4) is 0 Å².